The topological polar surface area (TPSA) is 52.8 Å². The van der Waals surface area contributed by atoms with Gasteiger partial charge in [0.15, 0.2) is 16.5 Å². The van der Waals surface area contributed by atoms with E-state index in [9.17, 15) is 4.79 Å². The van der Waals surface area contributed by atoms with Crippen molar-refractivity contribution in [3.8, 4) is 11.5 Å². The SMILES string of the molecule is COc1cc(C=c2sc3nc4ccccc4n3c2=O)ccc1OCCSc1ccc(Cl)cc1. The van der Waals surface area contributed by atoms with Crippen LogP contribution >= 0.6 is 34.7 Å². The molecular weight excluding hydrogens is 476 g/mol. The Hall–Kier alpha value is -3.00. The van der Waals surface area contributed by atoms with Gasteiger partial charge in [-0.05, 0) is 60.2 Å². The first kappa shape index (κ1) is 21.8. The van der Waals surface area contributed by atoms with Crippen LogP contribution in [0.2, 0.25) is 5.02 Å². The lowest BCUT2D eigenvalue weighted by atomic mass is 10.2. The monoisotopic (exact) mass is 494 g/mol. The van der Waals surface area contributed by atoms with Gasteiger partial charge in [0.05, 0.1) is 29.3 Å². The number of halogens is 1. The highest BCUT2D eigenvalue weighted by Crippen LogP contribution is 2.29. The van der Waals surface area contributed by atoms with E-state index >= 15 is 0 Å². The summed E-state index contributed by atoms with van der Waals surface area (Å²) < 4.78 is 13.7. The van der Waals surface area contributed by atoms with E-state index in [4.69, 9.17) is 21.1 Å². The molecule has 0 saturated heterocycles. The third kappa shape index (κ3) is 4.57. The quantitative estimate of drug-likeness (QED) is 0.227. The van der Waals surface area contributed by atoms with Crippen molar-refractivity contribution in [1.29, 1.82) is 0 Å². The molecule has 0 atom stereocenters. The minimum Gasteiger partial charge on any atom is -0.493 e. The van der Waals surface area contributed by atoms with Crippen molar-refractivity contribution in [3.05, 3.63) is 92.2 Å². The third-order valence-electron chi connectivity index (χ3n) is 5.05. The van der Waals surface area contributed by atoms with E-state index in [2.05, 4.69) is 4.98 Å². The number of para-hydroxylation sites is 2. The predicted molar refractivity (Wildman–Crippen MR) is 136 cm³/mol. The molecule has 0 radical (unpaired) electrons. The maximum Gasteiger partial charge on any atom is 0.274 e. The van der Waals surface area contributed by atoms with Gasteiger partial charge in [0, 0.05) is 15.7 Å². The Bertz CT molecular complexity index is 1540. The Morgan fingerprint density at radius 2 is 1.91 bits per heavy atom. The van der Waals surface area contributed by atoms with Gasteiger partial charge >= 0.3 is 0 Å². The highest BCUT2D eigenvalue weighted by Gasteiger charge is 2.11. The average molecular weight is 495 g/mol. The van der Waals surface area contributed by atoms with Crippen LogP contribution in [0.25, 0.3) is 22.1 Å². The zero-order valence-corrected chi connectivity index (χ0v) is 20.0. The smallest absolute Gasteiger partial charge is 0.274 e. The summed E-state index contributed by atoms with van der Waals surface area (Å²) in [5, 5.41) is 0.728. The highest BCUT2D eigenvalue weighted by atomic mass is 35.5. The molecule has 0 aliphatic carbocycles. The zero-order valence-electron chi connectivity index (χ0n) is 17.7. The largest absolute Gasteiger partial charge is 0.493 e. The van der Waals surface area contributed by atoms with Gasteiger partial charge in [-0.25, -0.2) is 9.38 Å². The van der Waals surface area contributed by atoms with Crippen LogP contribution in [-0.4, -0.2) is 28.9 Å². The van der Waals surface area contributed by atoms with Gasteiger partial charge in [-0.3, -0.25) is 4.79 Å². The van der Waals surface area contributed by atoms with Gasteiger partial charge in [0.25, 0.3) is 5.56 Å². The number of benzene rings is 3. The number of thioether (sulfide) groups is 1. The van der Waals surface area contributed by atoms with E-state index < -0.39 is 0 Å². The van der Waals surface area contributed by atoms with Crippen molar-refractivity contribution < 1.29 is 9.47 Å². The van der Waals surface area contributed by atoms with Gasteiger partial charge < -0.3 is 9.47 Å². The number of nitrogens with zero attached hydrogens (tertiary/aromatic N) is 2. The molecule has 0 saturated carbocycles. The molecule has 0 N–H and O–H groups in total. The van der Waals surface area contributed by atoms with E-state index in [1.165, 1.54) is 11.3 Å². The second kappa shape index (κ2) is 9.47. The minimum atomic E-state index is -0.0674. The van der Waals surface area contributed by atoms with Gasteiger partial charge in [0.1, 0.15) is 0 Å². The Morgan fingerprint density at radius 1 is 1.09 bits per heavy atom. The molecule has 0 unspecified atom stereocenters. The van der Waals surface area contributed by atoms with Crippen LogP contribution in [0.15, 0.2) is 76.4 Å². The van der Waals surface area contributed by atoms with Crippen LogP contribution in [0, 0.1) is 0 Å². The van der Waals surface area contributed by atoms with Crippen LogP contribution < -0.4 is 19.6 Å². The fourth-order valence-electron chi connectivity index (χ4n) is 3.50. The molecule has 2 aromatic heterocycles. The van der Waals surface area contributed by atoms with E-state index in [1.807, 2.05) is 72.8 Å². The molecular formula is C25H19ClN2O3S2. The number of imidazole rings is 1. The molecule has 5 aromatic rings. The Morgan fingerprint density at radius 3 is 2.73 bits per heavy atom. The lowest BCUT2D eigenvalue weighted by molar-refractivity contribution is 0.313. The van der Waals surface area contributed by atoms with E-state index in [0.717, 1.165) is 32.3 Å². The molecule has 0 aliphatic rings. The molecule has 0 amide bonds. The highest BCUT2D eigenvalue weighted by molar-refractivity contribution is 7.99. The summed E-state index contributed by atoms with van der Waals surface area (Å²) in [6, 6.07) is 21.1. The lowest BCUT2D eigenvalue weighted by Crippen LogP contribution is -2.22. The summed E-state index contributed by atoms with van der Waals surface area (Å²) in [5.41, 5.74) is 2.44. The molecule has 0 bridgehead atoms. The Kier molecular flexibility index (Phi) is 6.26. The van der Waals surface area contributed by atoms with Crippen molar-refractivity contribution in [1.82, 2.24) is 9.38 Å². The fraction of sp³-hybridized carbons (Fsp3) is 0.120. The predicted octanol–water partition coefficient (Wildman–Crippen LogP) is 5.29. The molecule has 3 aromatic carbocycles. The van der Waals surface area contributed by atoms with Crippen LogP contribution in [0.4, 0.5) is 0 Å². The van der Waals surface area contributed by atoms with E-state index in [-0.39, 0.29) is 5.56 Å². The summed E-state index contributed by atoms with van der Waals surface area (Å²) in [7, 11) is 1.61. The number of aromatic nitrogens is 2. The fourth-order valence-corrected chi connectivity index (χ4v) is 5.34. The summed E-state index contributed by atoms with van der Waals surface area (Å²) >= 11 is 9.00. The van der Waals surface area contributed by atoms with Crippen molar-refractivity contribution in [3.63, 3.8) is 0 Å². The maximum absolute atomic E-state index is 13.0. The van der Waals surface area contributed by atoms with Gasteiger partial charge in [0.2, 0.25) is 0 Å². The number of hydrogen-bond donors (Lipinski definition) is 0. The van der Waals surface area contributed by atoms with Crippen molar-refractivity contribution in [2.24, 2.45) is 0 Å². The first-order chi connectivity index (χ1) is 16.1. The maximum atomic E-state index is 13.0. The second-order valence-corrected chi connectivity index (χ2v) is 9.81. The van der Waals surface area contributed by atoms with Crippen LogP contribution in [-0.2, 0) is 0 Å². The molecule has 0 spiro atoms. The molecule has 33 heavy (non-hydrogen) atoms. The van der Waals surface area contributed by atoms with E-state index in [1.54, 1.807) is 23.3 Å². The molecule has 5 nitrogen and oxygen atoms in total. The number of thiazole rings is 1. The normalized spacial score (nSPS) is 12.0. The van der Waals surface area contributed by atoms with Crippen molar-refractivity contribution >= 4 is 56.8 Å². The molecule has 8 heteroatoms. The summed E-state index contributed by atoms with van der Waals surface area (Å²) in [5.74, 6) is 2.08. The summed E-state index contributed by atoms with van der Waals surface area (Å²) in [6.07, 6.45) is 1.86. The second-order valence-electron chi connectivity index (χ2n) is 7.20. The number of ether oxygens (including phenoxy) is 2. The van der Waals surface area contributed by atoms with Gasteiger partial charge in [-0.2, -0.15) is 0 Å². The Balaban J connectivity index is 1.33. The van der Waals surface area contributed by atoms with Crippen LogP contribution in [0.1, 0.15) is 5.56 Å². The molecule has 0 fully saturated rings. The van der Waals surface area contributed by atoms with Crippen molar-refractivity contribution in [2.75, 3.05) is 19.5 Å². The zero-order chi connectivity index (χ0) is 22.8. The molecule has 2 heterocycles. The van der Waals surface area contributed by atoms with Crippen LogP contribution in [0.5, 0.6) is 11.5 Å². The number of rotatable bonds is 7. The van der Waals surface area contributed by atoms with Crippen LogP contribution in [0.3, 0.4) is 0 Å². The van der Waals surface area contributed by atoms with Gasteiger partial charge in [-0.15, -0.1) is 11.8 Å². The number of fused-ring (bicyclic) bond motifs is 3. The summed E-state index contributed by atoms with van der Waals surface area (Å²) in [4.78, 5) is 19.4. The molecule has 5 rings (SSSR count). The molecule has 0 aliphatic heterocycles. The first-order valence-electron chi connectivity index (χ1n) is 10.2. The van der Waals surface area contributed by atoms with Crippen molar-refractivity contribution in [2.45, 2.75) is 4.90 Å². The number of methoxy groups -OCH3 is 1. The van der Waals surface area contributed by atoms with Gasteiger partial charge in [-0.1, -0.05) is 41.1 Å². The first-order valence-corrected chi connectivity index (χ1v) is 12.4. The average Bonchev–Trinajstić information content (AvgIpc) is 3.34. The third-order valence-corrected chi connectivity index (χ3v) is 7.25. The Labute approximate surface area is 203 Å². The minimum absolute atomic E-state index is 0.0674. The standard InChI is InChI=1S/C25H19ClN2O3S2/c1-30-22-14-16(6-11-21(22)31-12-13-32-18-9-7-17(26)8-10-18)15-23-24(29)28-20-5-3-2-4-19(20)27-25(28)33-23/h2-11,14-15H,12-13H2,1H3. The summed E-state index contributed by atoms with van der Waals surface area (Å²) in [6.45, 7) is 0.534. The molecule has 166 valence electrons. The lowest BCUT2D eigenvalue weighted by Gasteiger charge is -2.11. The van der Waals surface area contributed by atoms with E-state index in [0.29, 0.717) is 27.6 Å². The number of hydrogen-bond acceptors (Lipinski definition) is 6.